The number of Topliss-reactive ketones (excluding diaryl/α,β-unsaturated/α-hetero) is 2. The van der Waals surface area contributed by atoms with Gasteiger partial charge in [-0.05, 0) is 70.4 Å². The van der Waals surface area contributed by atoms with E-state index in [1.807, 2.05) is 37.3 Å². The van der Waals surface area contributed by atoms with Crippen LogP contribution >= 0.6 is 15.9 Å². The second kappa shape index (κ2) is 12.1. The van der Waals surface area contributed by atoms with Crippen molar-refractivity contribution in [2.45, 2.75) is 65.2 Å². The highest BCUT2D eigenvalue weighted by atomic mass is 79.9. The molecule has 0 N–H and O–H groups in total. The number of carbonyl (C=O) groups excluding carboxylic acids is 3. The molecule has 3 fully saturated rings. The molecule has 0 unspecified atom stereocenters. The molecule has 3 aromatic heterocycles. The Morgan fingerprint density at radius 1 is 1.04 bits per heavy atom. The van der Waals surface area contributed by atoms with Crippen LogP contribution in [0.1, 0.15) is 54.3 Å². The Morgan fingerprint density at radius 3 is 2.54 bits per heavy atom. The van der Waals surface area contributed by atoms with Crippen LogP contribution in [-0.4, -0.2) is 90.4 Å². The normalized spacial score (nSPS) is 22.7. The van der Waals surface area contributed by atoms with Crippen LogP contribution in [0.25, 0.3) is 22.0 Å². The number of rotatable bonds is 9. The first kappa shape index (κ1) is 30.8. The molecule has 3 atom stereocenters. The van der Waals surface area contributed by atoms with Crippen molar-refractivity contribution < 1.29 is 19.1 Å². The van der Waals surface area contributed by atoms with Crippen LogP contribution in [0.15, 0.2) is 47.3 Å². The molecular formula is C34H36BrN7O4. The average Bonchev–Trinajstić information content (AvgIpc) is 3.40. The summed E-state index contributed by atoms with van der Waals surface area (Å²) in [4.78, 5) is 58.1. The van der Waals surface area contributed by atoms with Crippen molar-refractivity contribution in [1.29, 1.82) is 0 Å². The third-order valence-electron chi connectivity index (χ3n) is 9.65. The molecule has 7 rings (SSSR count). The van der Waals surface area contributed by atoms with Crippen LogP contribution in [0.3, 0.4) is 0 Å². The van der Waals surface area contributed by atoms with Crippen LogP contribution in [0.2, 0.25) is 0 Å². The maximum atomic E-state index is 14.1. The number of pyridine rings is 1. The van der Waals surface area contributed by atoms with Crippen molar-refractivity contribution >= 4 is 44.3 Å². The van der Waals surface area contributed by atoms with Crippen molar-refractivity contribution in [2.24, 2.45) is 5.41 Å². The molecule has 238 valence electrons. The first-order chi connectivity index (χ1) is 22.1. The van der Waals surface area contributed by atoms with Crippen LogP contribution < -0.4 is 0 Å². The Balaban J connectivity index is 1.13. The third kappa shape index (κ3) is 5.89. The molecule has 4 aromatic rings. The molecule has 12 heteroatoms. The summed E-state index contributed by atoms with van der Waals surface area (Å²) in [5.41, 5.74) is 4.35. The quantitative estimate of drug-likeness (QED) is 0.189. The molecule has 1 aromatic carbocycles. The van der Waals surface area contributed by atoms with Gasteiger partial charge in [-0.25, -0.2) is 15.0 Å². The minimum atomic E-state index is -0.532. The molecule has 0 spiro atoms. The number of ketones is 2. The van der Waals surface area contributed by atoms with E-state index in [-0.39, 0.29) is 41.9 Å². The van der Waals surface area contributed by atoms with Gasteiger partial charge in [0.2, 0.25) is 5.91 Å². The maximum Gasteiger partial charge on any atom is 0.245 e. The molecule has 3 aliphatic rings. The molecule has 46 heavy (non-hydrogen) atoms. The fraction of sp³-hybridized carbons (Fsp3) is 0.441. The van der Waals surface area contributed by atoms with Gasteiger partial charge in [-0.2, -0.15) is 5.10 Å². The molecule has 5 heterocycles. The van der Waals surface area contributed by atoms with Gasteiger partial charge in [0.25, 0.3) is 0 Å². The van der Waals surface area contributed by atoms with Crippen molar-refractivity contribution in [2.75, 3.05) is 26.3 Å². The predicted molar refractivity (Wildman–Crippen MR) is 174 cm³/mol. The Kier molecular flexibility index (Phi) is 8.06. The summed E-state index contributed by atoms with van der Waals surface area (Å²) in [6, 6.07) is 9.11. The lowest BCUT2D eigenvalue weighted by atomic mass is 9.96. The number of nitrogens with zero attached hydrogens (tertiary/aromatic N) is 7. The van der Waals surface area contributed by atoms with E-state index in [4.69, 9.17) is 9.72 Å². The van der Waals surface area contributed by atoms with Gasteiger partial charge in [-0.3, -0.25) is 24.0 Å². The molecule has 1 saturated carbocycles. The lowest BCUT2D eigenvalue weighted by Crippen LogP contribution is -2.45. The number of aryl methyl sites for hydroxylation is 1. The van der Waals surface area contributed by atoms with E-state index in [0.29, 0.717) is 53.2 Å². The number of halogens is 1. The molecule has 0 bridgehead atoms. The number of piperidine rings is 1. The summed E-state index contributed by atoms with van der Waals surface area (Å²) in [5, 5.41) is 5.26. The minimum Gasteiger partial charge on any atom is -0.379 e. The number of hydrogen-bond donors (Lipinski definition) is 0. The van der Waals surface area contributed by atoms with Crippen LogP contribution in [0.4, 0.5) is 0 Å². The highest BCUT2D eigenvalue weighted by molar-refractivity contribution is 9.10. The first-order valence-electron chi connectivity index (χ1n) is 15.7. The number of ether oxygens (including phenoxy) is 1. The topological polar surface area (TPSA) is 123 Å². The number of hydrogen-bond acceptors (Lipinski definition) is 9. The van der Waals surface area contributed by atoms with Crippen molar-refractivity contribution in [3.05, 3.63) is 70.1 Å². The summed E-state index contributed by atoms with van der Waals surface area (Å²) in [7, 11) is 0. The number of aromatic nitrogens is 5. The second-order valence-corrected chi connectivity index (χ2v) is 13.8. The van der Waals surface area contributed by atoms with Gasteiger partial charge in [0.05, 0.1) is 36.9 Å². The van der Waals surface area contributed by atoms with E-state index in [1.165, 1.54) is 6.92 Å². The minimum absolute atomic E-state index is 0.00434. The van der Waals surface area contributed by atoms with Gasteiger partial charge in [-0.15, -0.1) is 0 Å². The first-order valence-corrected chi connectivity index (χ1v) is 16.5. The zero-order chi connectivity index (χ0) is 32.2. The van der Waals surface area contributed by atoms with Gasteiger partial charge in [0, 0.05) is 55.9 Å². The highest BCUT2D eigenvalue weighted by Crippen LogP contribution is 2.59. The summed E-state index contributed by atoms with van der Waals surface area (Å²) < 4.78 is 7.78. The Hall–Kier alpha value is -3.87. The van der Waals surface area contributed by atoms with E-state index >= 15 is 0 Å². The zero-order valence-electron chi connectivity index (χ0n) is 26.2. The monoisotopic (exact) mass is 685 g/mol. The fourth-order valence-electron chi connectivity index (χ4n) is 6.98. The van der Waals surface area contributed by atoms with E-state index in [1.54, 1.807) is 22.0 Å². The number of fused-ring (bicyclic) bond motifs is 2. The second-order valence-electron chi connectivity index (χ2n) is 13.0. The van der Waals surface area contributed by atoms with Crippen molar-refractivity contribution in [3.8, 4) is 11.1 Å². The van der Waals surface area contributed by atoms with E-state index in [0.717, 1.165) is 41.9 Å². The van der Waals surface area contributed by atoms with Crippen LogP contribution in [0.5, 0.6) is 0 Å². The van der Waals surface area contributed by atoms with Crippen LogP contribution in [-0.2, 0) is 33.8 Å². The molecule has 2 saturated heterocycles. The molecule has 0 radical (unpaired) electrons. The molecule has 1 amide bonds. The van der Waals surface area contributed by atoms with Gasteiger partial charge < -0.3 is 9.64 Å². The smallest absolute Gasteiger partial charge is 0.245 e. The Bertz CT molecular complexity index is 1850. The number of amides is 1. The predicted octanol–water partition coefficient (Wildman–Crippen LogP) is 4.19. The Labute approximate surface area is 275 Å². The standard InChI is InChI=1S/C34H36BrN7O4/c1-20(43)33-25-12-22(24-16-36-21(2)37-17-24)4-6-27(25)41(39-33)19-32(45)42-28(14-34(3)15-30(34)42)29(44)13-26-23(5-7-31(35)38-26)18-40-8-10-46-11-9-40/h4-7,12,16-17,28,30H,8-11,13-15,18-19H2,1-3H3/t28-,30+,34-/m0/s1. The molecule has 1 aliphatic carbocycles. The maximum absolute atomic E-state index is 14.1. The van der Waals surface area contributed by atoms with Gasteiger partial charge >= 0.3 is 0 Å². The average molecular weight is 687 g/mol. The van der Waals surface area contributed by atoms with Gasteiger partial charge in [0.1, 0.15) is 22.7 Å². The summed E-state index contributed by atoms with van der Waals surface area (Å²) in [6.07, 6.45) is 5.16. The third-order valence-corrected chi connectivity index (χ3v) is 10.1. The number of likely N-dealkylation sites (tertiary alicyclic amines) is 1. The van der Waals surface area contributed by atoms with E-state index < -0.39 is 6.04 Å². The summed E-state index contributed by atoms with van der Waals surface area (Å²) in [6.45, 7) is 9.15. The van der Waals surface area contributed by atoms with Crippen molar-refractivity contribution in [3.63, 3.8) is 0 Å². The number of morpholine rings is 1. The molecular weight excluding hydrogens is 650 g/mol. The van der Waals surface area contributed by atoms with E-state index in [2.05, 4.69) is 42.8 Å². The highest BCUT2D eigenvalue weighted by Gasteiger charge is 2.64. The molecule has 11 nitrogen and oxygen atoms in total. The molecule has 2 aliphatic heterocycles. The zero-order valence-corrected chi connectivity index (χ0v) is 27.8. The van der Waals surface area contributed by atoms with Gasteiger partial charge in [0.15, 0.2) is 11.6 Å². The lowest BCUT2D eigenvalue weighted by Gasteiger charge is -2.28. The number of carbonyl (C=O) groups is 3. The van der Waals surface area contributed by atoms with Crippen LogP contribution in [0, 0.1) is 12.3 Å². The fourth-order valence-corrected chi connectivity index (χ4v) is 7.33. The summed E-state index contributed by atoms with van der Waals surface area (Å²) in [5.74, 6) is 0.311. The number of benzene rings is 1. The van der Waals surface area contributed by atoms with Crippen molar-refractivity contribution in [1.82, 2.24) is 34.5 Å². The van der Waals surface area contributed by atoms with Gasteiger partial charge in [-0.1, -0.05) is 19.1 Å². The largest absolute Gasteiger partial charge is 0.379 e. The lowest BCUT2D eigenvalue weighted by molar-refractivity contribution is -0.139. The SMILES string of the molecule is CC(=O)c1nn(CC(=O)N2[C@H](C(=O)Cc3nc(Br)ccc3CN3CCOCC3)C[C@@]3(C)C[C@@H]23)c2ccc(-c3cnc(C)nc3)cc12. The summed E-state index contributed by atoms with van der Waals surface area (Å²) >= 11 is 3.48. The van der Waals surface area contributed by atoms with E-state index in [9.17, 15) is 14.4 Å². The Morgan fingerprint density at radius 2 is 1.80 bits per heavy atom.